The first kappa shape index (κ1) is 15.6. The van der Waals surface area contributed by atoms with Crippen LogP contribution in [0.5, 0.6) is 5.75 Å². The summed E-state index contributed by atoms with van der Waals surface area (Å²) in [5, 5.41) is 8.86. The van der Waals surface area contributed by atoms with Crippen LogP contribution >= 0.6 is 22.6 Å². The van der Waals surface area contributed by atoms with E-state index in [2.05, 4.69) is 4.74 Å². The molecular weight excluding hydrogens is 378 g/mol. The third-order valence-electron chi connectivity index (χ3n) is 1.93. The minimum absolute atomic E-state index is 0.0458. The lowest BCUT2D eigenvalue weighted by atomic mass is 10.1. The van der Waals surface area contributed by atoms with E-state index in [4.69, 9.17) is 10.00 Å². The summed E-state index contributed by atoms with van der Waals surface area (Å²) in [5.74, 6) is -1.41. The summed E-state index contributed by atoms with van der Waals surface area (Å²) in [7, 11) is 0. The Morgan fingerprint density at radius 2 is 2.11 bits per heavy atom. The molecule has 0 heterocycles. The van der Waals surface area contributed by atoms with Crippen LogP contribution < -0.4 is 4.74 Å². The molecule has 0 N–H and O–H groups in total. The van der Waals surface area contributed by atoms with E-state index in [0.29, 0.717) is 0 Å². The van der Waals surface area contributed by atoms with Crippen LogP contribution in [0.25, 0.3) is 0 Å². The predicted octanol–water partition coefficient (Wildman–Crippen LogP) is 3.24. The van der Waals surface area contributed by atoms with E-state index in [1.165, 1.54) is 22.6 Å². The lowest BCUT2D eigenvalue weighted by molar-refractivity contribution is -0.275. The van der Waals surface area contributed by atoms with Gasteiger partial charge in [-0.3, -0.25) is 0 Å². The number of rotatable bonds is 3. The molecule has 1 rings (SSSR count). The van der Waals surface area contributed by atoms with Crippen molar-refractivity contribution in [2.45, 2.75) is 13.3 Å². The molecule has 0 aliphatic carbocycles. The molecule has 1 aromatic rings. The van der Waals surface area contributed by atoms with Crippen LogP contribution in [-0.2, 0) is 4.74 Å². The Morgan fingerprint density at radius 3 is 2.58 bits per heavy atom. The van der Waals surface area contributed by atoms with Gasteiger partial charge in [-0.15, -0.1) is 13.2 Å². The largest absolute Gasteiger partial charge is 0.573 e. The molecule has 0 atom stereocenters. The summed E-state index contributed by atoms with van der Waals surface area (Å²) >= 11 is 1.51. The molecule has 0 unspecified atom stereocenters. The Kier molecular flexibility index (Phi) is 4.99. The molecule has 4 nitrogen and oxygen atoms in total. The number of alkyl halides is 3. The van der Waals surface area contributed by atoms with Gasteiger partial charge < -0.3 is 9.47 Å². The fourth-order valence-electron chi connectivity index (χ4n) is 1.26. The SMILES string of the molecule is CCOC(=O)c1c(C#N)ccc(OC(F)(F)F)c1I. The summed E-state index contributed by atoms with van der Waals surface area (Å²) in [5.41, 5.74) is -0.302. The second-order valence-electron chi connectivity index (χ2n) is 3.18. The first-order chi connectivity index (χ1) is 8.80. The molecule has 19 heavy (non-hydrogen) atoms. The molecule has 1 aromatic carbocycles. The smallest absolute Gasteiger partial charge is 0.462 e. The maximum atomic E-state index is 12.2. The Bertz CT molecular complexity index is 537. The van der Waals surface area contributed by atoms with E-state index < -0.39 is 18.1 Å². The zero-order chi connectivity index (χ0) is 14.6. The average Bonchev–Trinajstić information content (AvgIpc) is 2.30. The highest BCUT2D eigenvalue weighted by molar-refractivity contribution is 14.1. The number of nitrogens with zero attached hydrogens (tertiary/aromatic N) is 1. The van der Waals surface area contributed by atoms with Gasteiger partial charge in [0.25, 0.3) is 0 Å². The second-order valence-corrected chi connectivity index (χ2v) is 4.26. The van der Waals surface area contributed by atoms with Gasteiger partial charge in [-0.05, 0) is 41.6 Å². The van der Waals surface area contributed by atoms with Crippen molar-refractivity contribution in [3.8, 4) is 11.8 Å². The third-order valence-corrected chi connectivity index (χ3v) is 3.00. The molecule has 0 aliphatic heterocycles. The van der Waals surface area contributed by atoms with Crippen molar-refractivity contribution in [3.63, 3.8) is 0 Å². The highest BCUT2D eigenvalue weighted by atomic mass is 127. The van der Waals surface area contributed by atoms with Crippen molar-refractivity contribution in [3.05, 3.63) is 26.8 Å². The number of benzene rings is 1. The number of carbonyl (C=O) groups is 1. The molecular formula is C11H7F3INO3. The number of carbonyl (C=O) groups excluding carboxylic acids is 1. The van der Waals surface area contributed by atoms with Gasteiger partial charge in [-0.25, -0.2) is 4.79 Å². The van der Waals surface area contributed by atoms with Crippen molar-refractivity contribution in [2.75, 3.05) is 6.61 Å². The molecule has 0 aromatic heterocycles. The summed E-state index contributed by atoms with van der Waals surface area (Å²) in [4.78, 5) is 11.6. The summed E-state index contributed by atoms with van der Waals surface area (Å²) < 4.78 is 44.9. The molecule has 0 radical (unpaired) electrons. The summed E-state index contributed by atoms with van der Waals surface area (Å²) in [6, 6.07) is 3.78. The van der Waals surface area contributed by atoms with Crippen LogP contribution in [0.15, 0.2) is 12.1 Å². The normalized spacial score (nSPS) is 10.7. The molecule has 102 valence electrons. The zero-order valence-corrected chi connectivity index (χ0v) is 11.7. The lowest BCUT2D eigenvalue weighted by Crippen LogP contribution is -2.19. The first-order valence-electron chi connectivity index (χ1n) is 4.95. The van der Waals surface area contributed by atoms with E-state index in [1.807, 2.05) is 0 Å². The second kappa shape index (κ2) is 6.10. The van der Waals surface area contributed by atoms with Gasteiger partial charge in [0, 0.05) is 0 Å². The highest BCUT2D eigenvalue weighted by Gasteiger charge is 2.33. The molecule has 0 saturated carbocycles. The zero-order valence-electron chi connectivity index (χ0n) is 9.55. The fraction of sp³-hybridized carbons (Fsp3) is 0.273. The van der Waals surface area contributed by atoms with Crippen LogP contribution in [0.3, 0.4) is 0 Å². The first-order valence-corrected chi connectivity index (χ1v) is 6.03. The van der Waals surface area contributed by atoms with Gasteiger partial charge in [0.1, 0.15) is 11.8 Å². The fourth-order valence-corrected chi connectivity index (χ4v) is 2.06. The van der Waals surface area contributed by atoms with E-state index in [9.17, 15) is 18.0 Å². The van der Waals surface area contributed by atoms with Crippen LogP contribution in [0.2, 0.25) is 0 Å². The van der Waals surface area contributed by atoms with Crippen molar-refractivity contribution in [1.82, 2.24) is 0 Å². The molecule has 0 saturated heterocycles. The number of hydrogen-bond donors (Lipinski definition) is 0. The van der Waals surface area contributed by atoms with Crippen LogP contribution in [0, 0.1) is 14.9 Å². The van der Waals surface area contributed by atoms with Gasteiger partial charge in [-0.2, -0.15) is 5.26 Å². The van der Waals surface area contributed by atoms with Crippen molar-refractivity contribution in [1.29, 1.82) is 5.26 Å². The van der Waals surface area contributed by atoms with Crippen LogP contribution in [-0.4, -0.2) is 18.9 Å². The Hall–Kier alpha value is -1.50. The predicted molar refractivity (Wildman–Crippen MR) is 66.5 cm³/mol. The minimum atomic E-state index is -4.87. The number of esters is 1. The summed E-state index contributed by atoms with van der Waals surface area (Å²) in [6.45, 7) is 1.59. The minimum Gasteiger partial charge on any atom is -0.462 e. The number of ether oxygens (including phenoxy) is 2. The molecule has 0 aliphatic rings. The number of hydrogen-bond acceptors (Lipinski definition) is 4. The Balaban J connectivity index is 3.31. The molecule has 0 bridgehead atoms. The lowest BCUT2D eigenvalue weighted by Gasteiger charge is -2.13. The third kappa shape index (κ3) is 3.99. The molecule has 0 spiro atoms. The molecule has 0 amide bonds. The van der Waals surface area contributed by atoms with Crippen molar-refractivity contribution in [2.24, 2.45) is 0 Å². The van der Waals surface area contributed by atoms with Gasteiger partial charge in [0.05, 0.1) is 21.3 Å². The molecule has 8 heteroatoms. The number of nitriles is 1. The van der Waals surface area contributed by atoms with E-state index >= 15 is 0 Å². The topological polar surface area (TPSA) is 59.3 Å². The van der Waals surface area contributed by atoms with Crippen molar-refractivity contribution < 1.29 is 27.4 Å². The number of halogens is 4. The van der Waals surface area contributed by atoms with E-state index in [0.717, 1.165) is 12.1 Å². The average molecular weight is 385 g/mol. The van der Waals surface area contributed by atoms with Crippen LogP contribution in [0.4, 0.5) is 13.2 Å². The summed E-state index contributed by atoms with van der Waals surface area (Å²) in [6.07, 6.45) is -4.87. The van der Waals surface area contributed by atoms with Gasteiger partial charge >= 0.3 is 12.3 Å². The molecule has 0 fully saturated rings. The standard InChI is InChI=1S/C11H7F3INO3/c1-2-18-10(17)8-6(5-16)3-4-7(9(8)15)19-11(12,13)14/h3-4H,2H2,1H3. The highest BCUT2D eigenvalue weighted by Crippen LogP contribution is 2.32. The quantitative estimate of drug-likeness (QED) is 0.592. The maximum Gasteiger partial charge on any atom is 0.573 e. The van der Waals surface area contributed by atoms with Crippen molar-refractivity contribution >= 4 is 28.6 Å². The van der Waals surface area contributed by atoms with E-state index in [-0.39, 0.29) is 21.3 Å². The maximum absolute atomic E-state index is 12.2. The van der Waals surface area contributed by atoms with Gasteiger partial charge in [-0.1, -0.05) is 0 Å². The van der Waals surface area contributed by atoms with E-state index in [1.54, 1.807) is 13.0 Å². The van der Waals surface area contributed by atoms with Gasteiger partial charge in [0.15, 0.2) is 0 Å². The van der Waals surface area contributed by atoms with Crippen LogP contribution in [0.1, 0.15) is 22.8 Å². The Labute approximate surface area is 120 Å². The van der Waals surface area contributed by atoms with Gasteiger partial charge in [0.2, 0.25) is 0 Å². The monoisotopic (exact) mass is 385 g/mol. The Morgan fingerprint density at radius 1 is 1.47 bits per heavy atom.